The van der Waals surface area contributed by atoms with Gasteiger partial charge in [0.05, 0.1) is 12.1 Å². The van der Waals surface area contributed by atoms with E-state index in [1.165, 1.54) is 0 Å². The zero-order valence-corrected chi connectivity index (χ0v) is 13.5. The number of hydrogen-bond donors (Lipinski definition) is 1. The molecule has 0 saturated carbocycles. The maximum absolute atomic E-state index is 6.29. The third-order valence-electron chi connectivity index (χ3n) is 2.94. The molecule has 21 heavy (non-hydrogen) atoms. The van der Waals surface area contributed by atoms with Crippen molar-refractivity contribution in [2.75, 3.05) is 14.2 Å². The molecular formula is C16H17Cl2NO2. The average molecular weight is 326 g/mol. The van der Waals surface area contributed by atoms with Crippen molar-refractivity contribution < 1.29 is 9.47 Å². The van der Waals surface area contributed by atoms with Crippen LogP contribution in [0.1, 0.15) is 11.1 Å². The molecule has 2 aromatic carbocycles. The molecule has 0 heterocycles. The largest absolute Gasteiger partial charge is 0.493 e. The summed E-state index contributed by atoms with van der Waals surface area (Å²) in [5, 5.41) is 4.28. The van der Waals surface area contributed by atoms with Crippen molar-refractivity contribution in [2.45, 2.75) is 13.2 Å². The fourth-order valence-corrected chi connectivity index (χ4v) is 2.50. The fourth-order valence-electron chi connectivity index (χ4n) is 2.00. The van der Waals surface area contributed by atoms with Crippen LogP contribution in [0, 0.1) is 0 Å². The number of benzene rings is 2. The molecule has 0 aliphatic carbocycles. The molecule has 0 spiro atoms. The zero-order valence-electron chi connectivity index (χ0n) is 12.0. The first-order valence-corrected chi connectivity index (χ1v) is 7.28. The molecule has 112 valence electrons. The molecule has 0 unspecified atom stereocenters. The lowest BCUT2D eigenvalue weighted by molar-refractivity contribution is 0.284. The van der Waals surface area contributed by atoms with Gasteiger partial charge in [0.25, 0.3) is 0 Å². The van der Waals surface area contributed by atoms with Crippen molar-refractivity contribution in [2.24, 2.45) is 0 Å². The summed E-state index contributed by atoms with van der Waals surface area (Å²) in [6.45, 7) is 1.09. The first kappa shape index (κ1) is 16.0. The van der Waals surface area contributed by atoms with Crippen molar-refractivity contribution in [3.63, 3.8) is 0 Å². The van der Waals surface area contributed by atoms with Crippen molar-refractivity contribution in [3.05, 3.63) is 57.6 Å². The smallest absolute Gasteiger partial charge is 0.180 e. The Bertz CT molecular complexity index is 617. The van der Waals surface area contributed by atoms with Crippen molar-refractivity contribution in [3.8, 4) is 11.5 Å². The minimum atomic E-state index is 0.377. The second kappa shape index (κ2) is 7.55. The van der Waals surface area contributed by atoms with Gasteiger partial charge in [-0.25, -0.2) is 0 Å². The predicted octanol–water partition coefficient (Wildman–Crippen LogP) is 4.30. The number of hydrogen-bond acceptors (Lipinski definition) is 3. The second-order valence-electron chi connectivity index (χ2n) is 4.56. The first-order chi connectivity index (χ1) is 10.1. The molecule has 1 N–H and O–H groups in total. The SMILES string of the molecule is CNCc1cc(Cl)c(OCc2cccc(Cl)c2)c(OC)c1. The molecule has 3 nitrogen and oxygen atoms in total. The Balaban J connectivity index is 2.19. The van der Waals surface area contributed by atoms with E-state index in [-0.39, 0.29) is 0 Å². The molecule has 0 saturated heterocycles. The molecule has 0 bridgehead atoms. The Labute approximate surface area is 134 Å². The van der Waals surface area contributed by atoms with Crippen LogP contribution >= 0.6 is 23.2 Å². The normalized spacial score (nSPS) is 10.5. The highest BCUT2D eigenvalue weighted by Crippen LogP contribution is 2.37. The van der Waals surface area contributed by atoms with Crippen LogP contribution in [0.2, 0.25) is 10.0 Å². The molecule has 0 amide bonds. The van der Waals surface area contributed by atoms with Gasteiger partial charge in [-0.2, -0.15) is 0 Å². The summed E-state index contributed by atoms with van der Waals surface area (Å²) in [5.41, 5.74) is 2.01. The summed E-state index contributed by atoms with van der Waals surface area (Å²) >= 11 is 12.2. The number of rotatable bonds is 6. The molecule has 0 atom stereocenters. The van der Waals surface area contributed by atoms with Crippen LogP contribution in [0.5, 0.6) is 11.5 Å². The highest BCUT2D eigenvalue weighted by molar-refractivity contribution is 6.32. The van der Waals surface area contributed by atoms with Gasteiger partial charge in [-0.05, 0) is 42.4 Å². The molecule has 2 aromatic rings. The Morgan fingerprint density at radius 1 is 1.10 bits per heavy atom. The van der Waals surface area contributed by atoms with Gasteiger partial charge >= 0.3 is 0 Å². The Hall–Kier alpha value is -1.42. The Morgan fingerprint density at radius 2 is 1.90 bits per heavy atom. The van der Waals surface area contributed by atoms with Gasteiger partial charge < -0.3 is 14.8 Å². The lowest BCUT2D eigenvalue weighted by atomic mass is 10.2. The van der Waals surface area contributed by atoms with Gasteiger partial charge in [0.15, 0.2) is 11.5 Å². The van der Waals surface area contributed by atoms with Crippen LogP contribution in [0.25, 0.3) is 0 Å². The van der Waals surface area contributed by atoms with E-state index in [0.717, 1.165) is 11.1 Å². The number of ether oxygens (including phenoxy) is 2. The predicted molar refractivity (Wildman–Crippen MR) is 86.6 cm³/mol. The molecule has 2 rings (SSSR count). The third-order valence-corrected chi connectivity index (χ3v) is 3.46. The quantitative estimate of drug-likeness (QED) is 0.858. The van der Waals surface area contributed by atoms with Crippen molar-refractivity contribution >= 4 is 23.2 Å². The van der Waals surface area contributed by atoms with E-state index in [1.807, 2.05) is 43.4 Å². The summed E-state index contributed by atoms with van der Waals surface area (Å²) in [4.78, 5) is 0. The number of halogens is 2. The lowest BCUT2D eigenvalue weighted by Crippen LogP contribution is -2.06. The lowest BCUT2D eigenvalue weighted by Gasteiger charge is -2.14. The molecule has 0 aliphatic heterocycles. The minimum Gasteiger partial charge on any atom is -0.493 e. The molecule has 5 heteroatoms. The van der Waals surface area contributed by atoms with Crippen LogP contribution in [0.4, 0.5) is 0 Å². The highest BCUT2D eigenvalue weighted by Gasteiger charge is 2.12. The van der Waals surface area contributed by atoms with Crippen LogP contribution < -0.4 is 14.8 Å². The third kappa shape index (κ3) is 4.27. The van der Waals surface area contributed by atoms with E-state index in [1.54, 1.807) is 7.11 Å². The summed E-state index contributed by atoms with van der Waals surface area (Å²) < 4.78 is 11.2. The van der Waals surface area contributed by atoms with E-state index < -0.39 is 0 Å². The molecule has 0 fully saturated rings. The van der Waals surface area contributed by atoms with E-state index >= 15 is 0 Å². The second-order valence-corrected chi connectivity index (χ2v) is 5.40. The zero-order chi connectivity index (χ0) is 15.2. The van der Waals surface area contributed by atoms with Gasteiger partial charge in [0, 0.05) is 11.6 Å². The maximum Gasteiger partial charge on any atom is 0.180 e. The summed E-state index contributed by atoms with van der Waals surface area (Å²) in [6, 6.07) is 11.3. The van der Waals surface area contributed by atoms with Gasteiger partial charge in [0.1, 0.15) is 6.61 Å². The Kier molecular flexibility index (Phi) is 5.74. The first-order valence-electron chi connectivity index (χ1n) is 6.52. The van der Waals surface area contributed by atoms with Crippen molar-refractivity contribution in [1.29, 1.82) is 0 Å². The average Bonchev–Trinajstić information content (AvgIpc) is 2.46. The van der Waals surface area contributed by atoms with Gasteiger partial charge in [-0.15, -0.1) is 0 Å². The molecule has 0 aromatic heterocycles. The topological polar surface area (TPSA) is 30.5 Å². The van der Waals surface area contributed by atoms with E-state index in [2.05, 4.69) is 5.32 Å². The highest BCUT2D eigenvalue weighted by atomic mass is 35.5. The molecule has 0 radical (unpaired) electrons. The monoisotopic (exact) mass is 325 g/mol. The molecular weight excluding hydrogens is 309 g/mol. The van der Waals surface area contributed by atoms with Crippen LogP contribution in [-0.2, 0) is 13.2 Å². The van der Waals surface area contributed by atoms with Gasteiger partial charge in [-0.3, -0.25) is 0 Å². The number of nitrogens with one attached hydrogen (secondary N) is 1. The fraction of sp³-hybridized carbons (Fsp3) is 0.250. The molecule has 0 aliphatic rings. The summed E-state index contributed by atoms with van der Waals surface area (Å²) in [6.07, 6.45) is 0. The van der Waals surface area contributed by atoms with Crippen LogP contribution in [0.3, 0.4) is 0 Å². The van der Waals surface area contributed by atoms with Gasteiger partial charge in [-0.1, -0.05) is 35.3 Å². The standard InChI is InChI=1S/C16H17Cl2NO2/c1-19-9-12-7-14(18)16(15(8-12)20-2)21-10-11-4-3-5-13(17)6-11/h3-8,19H,9-10H2,1-2H3. The Morgan fingerprint density at radius 3 is 2.57 bits per heavy atom. The van der Waals surface area contributed by atoms with Crippen molar-refractivity contribution in [1.82, 2.24) is 5.32 Å². The van der Waals surface area contributed by atoms with Crippen LogP contribution in [-0.4, -0.2) is 14.2 Å². The van der Waals surface area contributed by atoms with Crippen LogP contribution in [0.15, 0.2) is 36.4 Å². The van der Waals surface area contributed by atoms with Gasteiger partial charge in [0.2, 0.25) is 0 Å². The van der Waals surface area contributed by atoms with E-state index in [4.69, 9.17) is 32.7 Å². The maximum atomic E-state index is 6.29. The summed E-state index contributed by atoms with van der Waals surface area (Å²) in [7, 11) is 3.48. The minimum absolute atomic E-state index is 0.377. The number of methoxy groups -OCH3 is 1. The van der Waals surface area contributed by atoms with E-state index in [0.29, 0.717) is 34.7 Å². The summed E-state index contributed by atoms with van der Waals surface area (Å²) in [5.74, 6) is 1.16. The van der Waals surface area contributed by atoms with E-state index in [9.17, 15) is 0 Å².